The largest absolute Gasteiger partial charge is 0.333 e. The van der Waals surface area contributed by atoms with Crippen molar-refractivity contribution in [3.8, 4) is 5.95 Å². The number of sulfonamides is 1. The zero-order valence-corrected chi connectivity index (χ0v) is 18.7. The van der Waals surface area contributed by atoms with E-state index in [1.165, 1.54) is 18.9 Å². The first-order chi connectivity index (χ1) is 15.6. The van der Waals surface area contributed by atoms with Gasteiger partial charge in [0.15, 0.2) is 11.6 Å². The SMILES string of the molecule is Cc1cn(-c2ncc3ncnc(Nc4c(F)ccc(NS(=O)(=O)CC(C)C)c4F)c3n2)cn1. The Morgan fingerprint density at radius 2 is 1.91 bits per heavy atom. The Balaban J connectivity index is 1.73. The molecule has 4 rings (SSSR count). The van der Waals surface area contributed by atoms with E-state index in [2.05, 4.69) is 35.0 Å². The van der Waals surface area contributed by atoms with Gasteiger partial charge in [0.2, 0.25) is 16.0 Å². The van der Waals surface area contributed by atoms with Gasteiger partial charge < -0.3 is 5.32 Å². The van der Waals surface area contributed by atoms with Gasteiger partial charge in [-0.2, -0.15) is 0 Å². The van der Waals surface area contributed by atoms with Crippen LogP contribution >= 0.6 is 0 Å². The maximum absolute atomic E-state index is 15.1. The number of halogens is 2. The van der Waals surface area contributed by atoms with E-state index in [0.717, 1.165) is 17.8 Å². The first-order valence-electron chi connectivity index (χ1n) is 9.87. The summed E-state index contributed by atoms with van der Waals surface area (Å²) in [4.78, 5) is 20.9. The maximum atomic E-state index is 15.1. The minimum absolute atomic E-state index is 0.0143. The van der Waals surface area contributed by atoms with Crippen LogP contribution in [0.5, 0.6) is 0 Å². The van der Waals surface area contributed by atoms with Gasteiger partial charge in [-0.3, -0.25) is 9.29 Å². The molecule has 2 N–H and O–H groups in total. The Labute approximate surface area is 188 Å². The number of rotatable bonds is 7. The second kappa shape index (κ2) is 8.65. The fourth-order valence-corrected chi connectivity index (χ4v) is 4.56. The van der Waals surface area contributed by atoms with E-state index in [1.807, 2.05) is 6.92 Å². The molecular formula is C20H20F2N8O2S. The van der Waals surface area contributed by atoms with Gasteiger partial charge in [0, 0.05) is 6.20 Å². The summed E-state index contributed by atoms with van der Waals surface area (Å²) in [6, 6.07) is 1.98. The van der Waals surface area contributed by atoms with Crippen molar-refractivity contribution in [2.75, 3.05) is 15.8 Å². The quantitative estimate of drug-likeness (QED) is 0.418. The molecule has 0 aliphatic carbocycles. The number of nitrogens with one attached hydrogen (secondary N) is 2. The van der Waals surface area contributed by atoms with Crippen LogP contribution in [0.2, 0.25) is 0 Å². The first-order valence-corrected chi connectivity index (χ1v) is 11.5. The van der Waals surface area contributed by atoms with Crippen molar-refractivity contribution in [1.29, 1.82) is 0 Å². The first kappa shape index (κ1) is 22.5. The number of aryl methyl sites for hydroxylation is 1. The van der Waals surface area contributed by atoms with E-state index in [-0.39, 0.29) is 34.6 Å². The van der Waals surface area contributed by atoms with Crippen LogP contribution in [0.4, 0.5) is 26.0 Å². The van der Waals surface area contributed by atoms with Crippen LogP contribution in [-0.4, -0.2) is 43.7 Å². The lowest BCUT2D eigenvalue weighted by molar-refractivity contribution is 0.582. The highest BCUT2D eigenvalue weighted by atomic mass is 32.2. The standard InChI is InChI=1S/C20H20F2N8O2S/c1-11(2)8-33(31,32)29-14-5-4-13(21)17(16(14)22)27-19-18-15(24-9-25-19)6-23-20(28-18)30-7-12(3)26-10-30/h4-7,9-11,29H,8H2,1-3H3,(H,24,25,27). The van der Waals surface area contributed by atoms with E-state index in [9.17, 15) is 12.8 Å². The third-order valence-electron chi connectivity index (χ3n) is 4.46. The summed E-state index contributed by atoms with van der Waals surface area (Å²) in [5.41, 5.74) is 0.323. The normalized spacial score (nSPS) is 11.8. The number of hydrogen-bond donors (Lipinski definition) is 2. The molecule has 13 heteroatoms. The summed E-state index contributed by atoms with van der Waals surface area (Å²) in [7, 11) is -3.82. The van der Waals surface area contributed by atoms with Crippen LogP contribution in [-0.2, 0) is 10.0 Å². The van der Waals surface area contributed by atoms with Crippen molar-refractivity contribution in [3.05, 3.63) is 54.5 Å². The number of benzene rings is 1. The Kier molecular flexibility index (Phi) is 5.89. The Hall–Kier alpha value is -3.74. The van der Waals surface area contributed by atoms with Crippen LogP contribution in [0, 0.1) is 24.5 Å². The molecule has 0 aliphatic heterocycles. The summed E-state index contributed by atoms with van der Waals surface area (Å²) < 4.78 is 57.9. The zero-order valence-electron chi connectivity index (χ0n) is 17.9. The highest BCUT2D eigenvalue weighted by Gasteiger charge is 2.21. The van der Waals surface area contributed by atoms with Gasteiger partial charge in [-0.05, 0) is 25.0 Å². The average Bonchev–Trinajstić information content (AvgIpc) is 3.18. The smallest absolute Gasteiger partial charge is 0.235 e. The van der Waals surface area contributed by atoms with Crippen molar-refractivity contribution in [1.82, 2.24) is 29.5 Å². The Morgan fingerprint density at radius 3 is 2.61 bits per heavy atom. The molecule has 3 aromatic heterocycles. The van der Waals surface area contributed by atoms with E-state index < -0.39 is 27.3 Å². The number of fused-ring (bicyclic) bond motifs is 1. The molecule has 0 saturated carbocycles. The van der Waals surface area contributed by atoms with Crippen molar-refractivity contribution < 1.29 is 17.2 Å². The van der Waals surface area contributed by atoms with E-state index in [1.54, 1.807) is 24.6 Å². The predicted molar refractivity (Wildman–Crippen MR) is 119 cm³/mol. The number of aromatic nitrogens is 6. The minimum Gasteiger partial charge on any atom is -0.333 e. The molecule has 1 aromatic carbocycles. The maximum Gasteiger partial charge on any atom is 0.235 e. The third-order valence-corrected chi connectivity index (χ3v) is 6.10. The highest BCUT2D eigenvalue weighted by molar-refractivity contribution is 7.92. The van der Waals surface area contributed by atoms with E-state index in [0.29, 0.717) is 5.52 Å². The van der Waals surface area contributed by atoms with Gasteiger partial charge in [-0.1, -0.05) is 13.8 Å². The third kappa shape index (κ3) is 4.87. The highest BCUT2D eigenvalue weighted by Crippen LogP contribution is 2.30. The summed E-state index contributed by atoms with van der Waals surface area (Å²) in [6.45, 7) is 5.24. The predicted octanol–water partition coefficient (Wildman–Crippen LogP) is 3.33. The van der Waals surface area contributed by atoms with E-state index >= 15 is 4.39 Å². The molecular weight excluding hydrogens is 454 g/mol. The molecule has 0 bridgehead atoms. The lowest BCUT2D eigenvalue weighted by Gasteiger charge is -2.14. The second-order valence-electron chi connectivity index (χ2n) is 7.73. The fourth-order valence-electron chi connectivity index (χ4n) is 3.10. The lowest BCUT2D eigenvalue weighted by atomic mass is 10.2. The molecule has 0 spiro atoms. The van der Waals surface area contributed by atoms with E-state index in [4.69, 9.17) is 0 Å². The average molecular weight is 474 g/mol. The van der Waals surface area contributed by atoms with Gasteiger partial charge in [-0.15, -0.1) is 0 Å². The molecule has 172 valence electrons. The molecule has 3 heterocycles. The Morgan fingerprint density at radius 1 is 1.12 bits per heavy atom. The van der Waals surface area contributed by atoms with Crippen LogP contribution in [0.15, 0.2) is 37.2 Å². The van der Waals surface area contributed by atoms with Crippen molar-refractivity contribution in [3.63, 3.8) is 0 Å². The van der Waals surface area contributed by atoms with Crippen LogP contribution < -0.4 is 10.0 Å². The molecule has 0 aliphatic rings. The summed E-state index contributed by atoms with van der Waals surface area (Å²) in [6.07, 6.45) is 5.88. The molecule has 0 radical (unpaired) electrons. The lowest BCUT2D eigenvalue weighted by Crippen LogP contribution is -2.21. The molecule has 0 amide bonds. The summed E-state index contributed by atoms with van der Waals surface area (Å²) >= 11 is 0. The van der Waals surface area contributed by atoms with Gasteiger partial charge >= 0.3 is 0 Å². The summed E-state index contributed by atoms with van der Waals surface area (Å²) in [5.74, 6) is -2.17. The fraction of sp³-hybridized carbons (Fsp3) is 0.250. The number of imidazole rings is 1. The molecule has 10 nitrogen and oxygen atoms in total. The molecule has 0 saturated heterocycles. The monoisotopic (exact) mass is 474 g/mol. The van der Waals surface area contributed by atoms with Crippen LogP contribution in [0.25, 0.3) is 17.0 Å². The molecule has 33 heavy (non-hydrogen) atoms. The minimum atomic E-state index is -3.82. The van der Waals surface area contributed by atoms with Crippen molar-refractivity contribution in [2.24, 2.45) is 5.92 Å². The number of hydrogen-bond acceptors (Lipinski definition) is 8. The van der Waals surface area contributed by atoms with Crippen molar-refractivity contribution >= 4 is 38.2 Å². The molecule has 4 aromatic rings. The zero-order chi connectivity index (χ0) is 23.8. The Bertz CT molecular complexity index is 1440. The van der Waals surface area contributed by atoms with Gasteiger partial charge in [-0.25, -0.2) is 42.1 Å². The van der Waals surface area contributed by atoms with Crippen molar-refractivity contribution in [2.45, 2.75) is 20.8 Å². The number of anilines is 3. The van der Waals surface area contributed by atoms with Gasteiger partial charge in [0.1, 0.15) is 35.2 Å². The summed E-state index contributed by atoms with van der Waals surface area (Å²) in [5, 5.41) is 2.58. The van der Waals surface area contributed by atoms with Crippen LogP contribution in [0.1, 0.15) is 19.5 Å². The topological polar surface area (TPSA) is 128 Å². The number of nitrogens with zero attached hydrogens (tertiary/aromatic N) is 6. The molecule has 0 fully saturated rings. The van der Waals surface area contributed by atoms with Gasteiger partial charge in [0.05, 0.1) is 23.3 Å². The second-order valence-corrected chi connectivity index (χ2v) is 9.50. The molecule has 0 atom stereocenters. The van der Waals surface area contributed by atoms with Crippen LogP contribution in [0.3, 0.4) is 0 Å². The van der Waals surface area contributed by atoms with Gasteiger partial charge in [0.25, 0.3) is 0 Å². The molecule has 0 unspecified atom stereocenters.